The molecule has 0 saturated heterocycles. The summed E-state index contributed by atoms with van der Waals surface area (Å²) in [7, 11) is 0. The van der Waals surface area contributed by atoms with Gasteiger partial charge in [0.05, 0.1) is 11.6 Å². The fraction of sp³-hybridized carbons (Fsp3) is 0.500. The fourth-order valence-corrected chi connectivity index (χ4v) is 3.99. The molecule has 4 rings (SSSR count). The van der Waals surface area contributed by atoms with Crippen molar-refractivity contribution in [2.24, 2.45) is 0 Å². The zero-order valence-electron chi connectivity index (χ0n) is 11.1. The maximum Gasteiger partial charge on any atom is 0.0852 e. The Labute approximate surface area is 113 Å². The van der Waals surface area contributed by atoms with E-state index in [-0.39, 0.29) is 11.6 Å². The molecule has 0 radical (unpaired) electrons. The second-order valence-electron chi connectivity index (χ2n) is 5.93. The molecule has 2 heterocycles. The van der Waals surface area contributed by atoms with Gasteiger partial charge >= 0.3 is 0 Å². The van der Waals surface area contributed by atoms with Crippen LogP contribution < -0.4 is 5.32 Å². The summed E-state index contributed by atoms with van der Waals surface area (Å²) in [4.78, 5) is 3.58. The van der Waals surface area contributed by atoms with E-state index in [1.54, 1.807) is 0 Å². The summed E-state index contributed by atoms with van der Waals surface area (Å²) in [5, 5.41) is 15.5. The van der Waals surface area contributed by atoms with Crippen molar-refractivity contribution in [2.45, 2.75) is 43.7 Å². The summed E-state index contributed by atoms with van der Waals surface area (Å²) in [6, 6.07) is 8.50. The Hall–Kier alpha value is -1.32. The molecule has 3 N–H and O–H groups in total. The molecule has 1 fully saturated rings. The van der Waals surface area contributed by atoms with Gasteiger partial charge in [0.25, 0.3) is 0 Å². The highest BCUT2D eigenvalue weighted by Crippen LogP contribution is 2.42. The minimum atomic E-state index is -0.270. The lowest BCUT2D eigenvalue weighted by Gasteiger charge is -2.45. The normalized spacial score (nSPS) is 30.7. The van der Waals surface area contributed by atoms with Crippen LogP contribution in [0.25, 0.3) is 10.9 Å². The topological polar surface area (TPSA) is 48.0 Å². The number of benzene rings is 1. The Morgan fingerprint density at radius 1 is 1.21 bits per heavy atom. The molecular weight excluding hydrogens is 236 g/mol. The monoisotopic (exact) mass is 256 g/mol. The number of fused-ring (bicyclic) bond motifs is 4. The van der Waals surface area contributed by atoms with E-state index in [2.05, 4.69) is 34.6 Å². The van der Waals surface area contributed by atoms with Gasteiger partial charge in [-0.1, -0.05) is 31.0 Å². The molecule has 1 spiro atoms. The van der Waals surface area contributed by atoms with Gasteiger partial charge in [-0.05, 0) is 30.9 Å². The first kappa shape index (κ1) is 11.5. The van der Waals surface area contributed by atoms with Crippen LogP contribution in [-0.2, 0) is 12.0 Å². The largest absolute Gasteiger partial charge is 0.391 e. The lowest BCUT2D eigenvalue weighted by atomic mass is 9.73. The predicted octanol–water partition coefficient (Wildman–Crippen LogP) is 2.44. The number of aliphatic hydroxyl groups is 1. The van der Waals surface area contributed by atoms with Gasteiger partial charge in [-0.3, -0.25) is 0 Å². The Balaban J connectivity index is 1.95. The lowest BCUT2D eigenvalue weighted by molar-refractivity contribution is 0.0147. The van der Waals surface area contributed by atoms with E-state index in [9.17, 15) is 5.11 Å². The summed E-state index contributed by atoms with van der Waals surface area (Å²) in [6.45, 7) is 0.964. The van der Waals surface area contributed by atoms with Crippen molar-refractivity contribution in [1.82, 2.24) is 10.3 Å². The second kappa shape index (κ2) is 4.09. The molecule has 0 bridgehead atoms. The number of hydrogen-bond donors (Lipinski definition) is 3. The van der Waals surface area contributed by atoms with Gasteiger partial charge in [0, 0.05) is 23.1 Å². The minimum absolute atomic E-state index is 0.231. The molecule has 1 aliphatic carbocycles. The van der Waals surface area contributed by atoms with Crippen molar-refractivity contribution in [1.29, 1.82) is 0 Å². The van der Waals surface area contributed by atoms with E-state index < -0.39 is 0 Å². The number of hydrogen-bond acceptors (Lipinski definition) is 2. The SMILES string of the molecule is OC1CCCCC12NCCc1c2[nH]c2ccccc12. The van der Waals surface area contributed by atoms with Crippen LogP contribution >= 0.6 is 0 Å². The number of H-pyrrole nitrogens is 1. The van der Waals surface area contributed by atoms with E-state index in [0.717, 1.165) is 32.2 Å². The van der Waals surface area contributed by atoms with Crippen molar-refractivity contribution >= 4 is 10.9 Å². The maximum absolute atomic E-state index is 10.6. The van der Waals surface area contributed by atoms with E-state index >= 15 is 0 Å². The minimum Gasteiger partial charge on any atom is -0.391 e. The lowest BCUT2D eigenvalue weighted by Crippen LogP contribution is -2.56. The predicted molar refractivity (Wildman–Crippen MR) is 76.2 cm³/mol. The molecule has 2 unspecified atom stereocenters. The van der Waals surface area contributed by atoms with Crippen molar-refractivity contribution in [3.63, 3.8) is 0 Å². The smallest absolute Gasteiger partial charge is 0.0852 e. The average molecular weight is 256 g/mol. The number of aromatic nitrogens is 1. The van der Waals surface area contributed by atoms with Gasteiger partial charge in [0.2, 0.25) is 0 Å². The zero-order valence-corrected chi connectivity index (χ0v) is 11.1. The summed E-state index contributed by atoms with van der Waals surface area (Å²) >= 11 is 0. The Morgan fingerprint density at radius 2 is 2.11 bits per heavy atom. The molecule has 0 amide bonds. The molecule has 100 valence electrons. The molecule has 1 aromatic carbocycles. The van der Waals surface area contributed by atoms with Gasteiger partial charge in [0.1, 0.15) is 0 Å². The summed E-state index contributed by atoms with van der Waals surface area (Å²) in [5.74, 6) is 0. The van der Waals surface area contributed by atoms with Gasteiger partial charge < -0.3 is 15.4 Å². The molecule has 19 heavy (non-hydrogen) atoms. The van der Waals surface area contributed by atoms with Crippen LogP contribution in [0.2, 0.25) is 0 Å². The number of nitrogens with one attached hydrogen (secondary N) is 2. The van der Waals surface area contributed by atoms with Crippen LogP contribution in [0.1, 0.15) is 36.9 Å². The highest BCUT2D eigenvalue weighted by Gasteiger charge is 2.45. The van der Waals surface area contributed by atoms with Gasteiger partial charge in [-0.25, -0.2) is 0 Å². The molecular formula is C16H20N2O. The van der Waals surface area contributed by atoms with Crippen molar-refractivity contribution in [3.05, 3.63) is 35.5 Å². The highest BCUT2D eigenvalue weighted by atomic mass is 16.3. The molecule has 1 saturated carbocycles. The third-order valence-corrected chi connectivity index (χ3v) is 4.94. The van der Waals surface area contributed by atoms with Crippen LogP contribution in [0.15, 0.2) is 24.3 Å². The summed E-state index contributed by atoms with van der Waals surface area (Å²) < 4.78 is 0. The Kier molecular flexibility index (Phi) is 2.47. The first-order valence-corrected chi connectivity index (χ1v) is 7.34. The average Bonchev–Trinajstić information content (AvgIpc) is 2.83. The van der Waals surface area contributed by atoms with Crippen LogP contribution in [0, 0.1) is 0 Å². The number of aliphatic hydroxyl groups excluding tert-OH is 1. The van der Waals surface area contributed by atoms with Crippen LogP contribution in [0.4, 0.5) is 0 Å². The van der Waals surface area contributed by atoms with E-state index in [4.69, 9.17) is 0 Å². The maximum atomic E-state index is 10.6. The van der Waals surface area contributed by atoms with E-state index in [0.29, 0.717) is 0 Å². The number of rotatable bonds is 0. The molecule has 1 aliphatic heterocycles. The van der Waals surface area contributed by atoms with Crippen LogP contribution in [0.3, 0.4) is 0 Å². The molecule has 2 atom stereocenters. The van der Waals surface area contributed by atoms with Gasteiger partial charge in [0.15, 0.2) is 0 Å². The highest BCUT2D eigenvalue weighted by molar-refractivity contribution is 5.85. The molecule has 2 aromatic rings. The summed E-state index contributed by atoms with van der Waals surface area (Å²) in [5.41, 5.74) is 3.63. The van der Waals surface area contributed by atoms with Crippen molar-refractivity contribution < 1.29 is 5.11 Å². The van der Waals surface area contributed by atoms with Crippen molar-refractivity contribution in [3.8, 4) is 0 Å². The van der Waals surface area contributed by atoms with Crippen LogP contribution in [-0.4, -0.2) is 22.7 Å². The second-order valence-corrected chi connectivity index (χ2v) is 5.93. The zero-order chi connectivity index (χ0) is 12.9. The third kappa shape index (κ3) is 1.52. The molecule has 2 aliphatic rings. The number of aromatic amines is 1. The van der Waals surface area contributed by atoms with Gasteiger partial charge in [-0.2, -0.15) is 0 Å². The first-order chi connectivity index (χ1) is 9.31. The number of para-hydroxylation sites is 1. The Morgan fingerprint density at radius 3 is 3.00 bits per heavy atom. The quantitative estimate of drug-likeness (QED) is 0.678. The van der Waals surface area contributed by atoms with E-state index in [1.165, 1.54) is 28.6 Å². The van der Waals surface area contributed by atoms with Crippen molar-refractivity contribution in [2.75, 3.05) is 6.54 Å². The van der Waals surface area contributed by atoms with Crippen LogP contribution in [0.5, 0.6) is 0 Å². The third-order valence-electron chi connectivity index (χ3n) is 4.94. The fourth-order valence-electron chi connectivity index (χ4n) is 3.99. The van der Waals surface area contributed by atoms with Gasteiger partial charge in [-0.15, -0.1) is 0 Å². The standard InChI is InChI=1S/C16H20N2O/c19-14-7-3-4-9-16(14)15-12(8-10-17-16)11-5-1-2-6-13(11)18-15/h1-2,5-6,14,17-19H,3-4,7-10H2. The molecule has 1 aromatic heterocycles. The molecule has 3 heteroatoms. The first-order valence-electron chi connectivity index (χ1n) is 7.34. The summed E-state index contributed by atoms with van der Waals surface area (Å²) in [6.07, 6.45) is 5.05. The Bertz CT molecular complexity index is 618. The van der Waals surface area contributed by atoms with E-state index in [1.807, 2.05) is 0 Å². The molecule has 3 nitrogen and oxygen atoms in total.